The molecule has 1 fully saturated rings. The van der Waals surface area contributed by atoms with Gasteiger partial charge in [0.1, 0.15) is 16.7 Å². The number of likely N-dealkylation sites (N-methyl/N-ethyl adjacent to an activating group) is 1. The molecule has 3 heterocycles. The predicted octanol–water partition coefficient (Wildman–Crippen LogP) is 2.25. The highest BCUT2D eigenvalue weighted by molar-refractivity contribution is 7.92. The lowest BCUT2D eigenvalue weighted by Gasteiger charge is -2.25. The monoisotopic (exact) mass is 418 g/mol. The Hall–Kier alpha value is -2.39. The van der Waals surface area contributed by atoms with E-state index in [1.807, 2.05) is 6.07 Å². The normalized spacial score (nSPS) is 17.7. The van der Waals surface area contributed by atoms with Crippen LogP contribution >= 0.6 is 0 Å². The van der Waals surface area contributed by atoms with Gasteiger partial charge in [-0.25, -0.2) is 18.4 Å². The van der Waals surface area contributed by atoms with Crippen LogP contribution in [0.2, 0.25) is 0 Å². The third-order valence-corrected chi connectivity index (χ3v) is 6.80. The van der Waals surface area contributed by atoms with E-state index in [0.29, 0.717) is 11.6 Å². The maximum atomic E-state index is 12.9. The second-order valence-corrected chi connectivity index (χ2v) is 9.25. The summed E-state index contributed by atoms with van der Waals surface area (Å²) < 4.78 is 39.4. The van der Waals surface area contributed by atoms with Crippen LogP contribution in [0.3, 0.4) is 0 Å². The first-order chi connectivity index (χ1) is 13.9. The summed E-state index contributed by atoms with van der Waals surface area (Å²) >= 11 is 0. The van der Waals surface area contributed by atoms with Crippen LogP contribution in [0.15, 0.2) is 29.3 Å². The summed E-state index contributed by atoms with van der Waals surface area (Å²) in [7, 11) is -0.271. The van der Waals surface area contributed by atoms with Gasteiger partial charge in [0, 0.05) is 31.3 Å². The fourth-order valence-corrected chi connectivity index (χ4v) is 4.41. The summed E-state index contributed by atoms with van der Waals surface area (Å²) in [4.78, 5) is 11.0. The summed E-state index contributed by atoms with van der Waals surface area (Å²) in [6, 6.07) is 4.93. The zero-order valence-corrected chi connectivity index (χ0v) is 17.5. The molecule has 2 aliphatic rings. The Balaban J connectivity index is 1.55. The third kappa shape index (κ3) is 4.45. The SMILES string of the molecule is COc1nc2c(cc1NS(=O)(=O)c1ccc(OC3CCC3)nc1)CCN(C)CC2. The minimum atomic E-state index is -3.83. The molecule has 1 saturated carbocycles. The van der Waals surface area contributed by atoms with Gasteiger partial charge >= 0.3 is 0 Å². The van der Waals surface area contributed by atoms with E-state index < -0.39 is 10.0 Å². The van der Waals surface area contributed by atoms with Crippen molar-refractivity contribution in [2.75, 3.05) is 32.0 Å². The zero-order valence-electron chi connectivity index (χ0n) is 16.7. The van der Waals surface area contributed by atoms with Crippen LogP contribution in [-0.4, -0.2) is 56.6 Å². The molecule has 0 spiro atoms. The zero-order chi connectivity index (χ0) is 20.4. The second-order valence-electron chi connectivity index (χ2n) is 7.56. The topological polar surface area (TPSA) is 93.6 Å². The van der Waals surface area contributed by atoms with E-state index in [1.54, 1.807) is 6.07 Å². The summed E-state index contributed by atoms with van der Waals surface area (Å²) in [6.45, 7) is 1.81. The van der Waals surface area contributed by atoms with Crippen molar-refractivity contribution in [3.8, 4) is 11.8 Å². The van der Waals surface area contributed by atoms with E-state index in [2.05, 4.69) is 26.6 Å². The van der Waals surface area contributed by atoms with Gasteiger partial charge in [0.2, 0.25) is 11.8 Å². The number of sulfonamides is 1. The fraction of sp³-hybridized carbons (Fsp3) is 0.500. The smallest absolute Gasteiger partial charge is 0.263 e. The number of anilines is 1. The van der Waals surface area contributed by atoms with Crippen LogP contribution in [0.25, 0.3) is 0 Å². The number of ether oxygens (including phenoxy) is 2. The number of fused-ring (bicyclic) bond motifs is 1. The van der Waals surface area contributed by atoms with Crippen LogP contribution in [0.4, 0.5) is 5.69 Å². The lowest BCUT2D eigenvalue weighted by atomic mass is 9.96. The lowest BCUT2D eigenvalue weighted by Crippen LogP contribution is -2.25. The molecule has 0 unspecified atom stereocenters. The van der Waals surface area contributed by atoms with Crippen molar-refractivity contribution in [2.45, 2.75) is 43.1 Å². The Morgan fingerprint density at radius 1 is 1.21 bits per heavy atom. The van der Waals surface area contributed by atoms with E-state index in [4.69, 9.17) is 9.47 Å². The molecular formula is C20H26N4O4S. The first-order valence-corrected chi connectivity index (χ1v) is 11.3. The van der Waals surface area contributed by atoms with Crippen molar-refractivity contribution in [1.82, 2.24) is 14.9 Å². The number of rotatable bonds is 6. The third-order valence-electron chi connectivity index (χ3n) is 5.45. The molecule has 4 rings (SSSR count). The molecule has 29 heavy (non-hydrogen) atoms. The minimum Gasteiger partial charge on any atom is -0.479 e. The number of hydrogen-bond acceptors (Lipinski definition) is 7. The van der Waals surface area contributed by atoms with E-state index in [9.17, 15) is 8.42 Å². The van der Waals surface area contributed by atoms with Gasteiger partial charge in [-0.15, -0.1) is 0 Å². The van der Waals surface area contributed by atoms with E-state index in [-0.39, 0.29) is 16.9 Å². The maximum absolute atomic E-state index is 12.9. The van der Waals surface area contributed by atoms with Crippen LogP contribution in [0, 0.1) is 0 Å². The van der Waals surface area contributed by atoms with Gasteiger partial charge in [-0.3, -0.25) is 4.72 Å². The maximum Gasteiger partial charge on any atom is 0.263 e. The standard InChI is InChI=1S/C20H26N4O4S/c1-24-10-8-14-12-18(20(27-2)22-17(14)9-11-24)23-29(25,26)16-6-7-19(21-13-16)28-15-4-3-5-15/h6-7,12-13,15,23H,3-5,8-11H2,1-2H3. The van der Waals surface area contributed by atoms with Crippen molar-refractivity contribution in [2.24, 2.45) is 0 Å². The van der Waals surface area contributed by atoms with Crippen molar-refractivity contribution in [1.29, 1.82) is 0 Å². The first kappa shape index (κ1) is 19.9. The molecule has 2 aromatic rings. The van der Waals surface area contributed by atoms with Crippen molar-refractivity contribution in [3.63, 3.8) is 0 Å². The van der Waals surface area contributed by atoms with E-state index in [0.717, 1.165) is 56.5 Å². The molecule has 8 nitrogen and oxygen atoms in total. The van der Waals surface area contributed by atoms with Crippen LogP contribution < -0.4 is 14.2 Å². The molecule has 0 bridgehead atoms. The van der Waals surface area contributed by atoms with Gasteiger partial charge in [0.05, 0.1) is 13.3 Å². The van der Waals surface area contributed by atoms with Gasteiger partial charge in [-0.05, 0) is 50.4 Å². The van der Waals surface area contributed by atoms with Gasteiger partial charge < -0.3 is 14.4 Å². The van der Waals surface area contributed by atoms with Crippen molar-refractivity contribution < 1.29 is 17.9 Å². The summed E-state index contributed by atoms with van der Waals surface area (Å²) in [6.07, 6.45) is 6.32. The van der Waals surface area contributed by atoms with Crippen molar-refractivity contribution in [3.05, 3.63) is 35.7 Å². The van der Waals surface area contributed by atoms with Crippen molar-refractivity contribution >= 4 is 15.7 Å². The molecular weight excluding hydrogens is 392 g/mol. The molecule has 9 heteroatoms. The number of methoxy groups -OCH3 is 1. The molecule has 0 aromatic carbocycles. The molecule has 0 radical (unpaired) electrons. The first-order valence-electron chi connectivity index (χ1n) is 9.85. The lowest BCUT2D eigenvalue weighted by molar-refractivity contribution is 0.114. The average Bonchev–Trinajstić information content (AvgIpc) is 2.85. The van der Waals surface area contributed by atoms with E-state index >= 15 is 0 Å². The predicted molar refractivity (Wildman–Crippen MR) is 109 cm³/mol. The van der Waals surface area contributed by atoms with Gasteiger partial charge in [0.15, 0.2) is 0 Å². The molecule has 1 aliphatic carbocycles. The largest absolute Gasteiger partial charge is 0.479 e. The van der Waals surface area contributed by atoms with Gasteiger partial charge in [0.25, 0.3) is 10.0 Å². The second kappa shape index (κ2) is 8.16. The number of nitrogens with zero attached hydrogens (tertiary/aromatic N) is 3. The Morgan fingerprint density at radius 2 is 2.00 bits per heavy atom. The van der Waals surface area contributed by atoms with E-state index in [1.165, 1.54) is 19.4 Å². The summed E-state index contributed by atoms with van der Waals surface area (Å²) in [5.41, 5.74) is 2.33. The molecule has 2 aromatic heterocycles. The Labute approximate surface area is 171 Å². The highest BCUT2D eigenvalue weighted by atomic mass is 32.2. The van der Waals surface area contributed by atoms with Crippen LogP contribution in [-0.2, 0) is 22.9 Å². The van der Waals surface area contributed by atoms with Crippen LogP contribution in [0.5, 0.6) is 11.8 Å². The molecule has 0 amide bonds. The number of aromatic nitrogens is 2. The molecule has 0 saturated heterocycles. The number of pyridine rings is 2. The molecule has 0 atom stereocenters. The quantitative estimate of drug-likeness (QED) is 0.769. The molecule has 156 valence electrons. The number of nitrogens with one attached hydrogen (secondary N) is 1. The number of hydrogen-bond donors (Lipinski definition) is 1. The average molecular weight is 419 g/mol. The van der Waals surface area contributed by atoms with Crippen LogP contribution in [0.1, 0.15) is 30.5 Å². The highest BCUT2D eigenvalue weighted by Gasteiger charge is 2.23. The van der Waals surface area contributed by atoms with Gasteiger partial charge in [-0.2, -0.15) is 0 Å². The highest BCUT2D eigenvalue weighted by Crippen LogP contribution is 2.30. The fourth-order valence-electron chi connectivity index (χ4n) is 3.41. The Kier molecular flexibility index (Phi) is 5.60. The van der Waals surface area contributed by atoms with Gasteiger partial charge in [-0.1, -0.05) is 0 Å². The molecule has 1 aliphatic heterocycles. The Bertz CT molecular complexity index is 975. The summed E-state index contributed by atoms with van der Waals surface area (Å²) in [5, 5.41) is 0. The Morgan fingerprint density at radius 3 is 2.66 bits per heavy atom. The molecule has 1 N–H and O–H groups in total. The summed E-state index contributed by atoms with van der Waals surface area (Å²) in [5.74, 6) is 0.719. The minimum absolute atomic E-state index is 0.0650.